The quantitative estimate of drug-likeness (QED) is 0.754. The van der Waals surface area contributed by atoms with Crippen molar-refractivity contribution in [1.29, 1.82) is 0 Å². The number of methoxy groups -OCH3 is 1. The molecule has 0 aliphatic rings. The number of likely N-dealkylation sites (N-methyl/N-ethyl adjacent to an activating group) is 1. The number of carbonyl (C=O) groups is 1. The summed E-state index contributed by atoms with van der Waals surface area (Å²) >= 11 is 6.11. The van der Waals surface area contributed by atoms with Crippen molar-refractivity contribution < 1.29 is 14.3 Å². The van der Waals surface area contributed by atoms with E-state index < -0.39 is 6.10 Å². The molecule has 0 saturated heterocycles. The van der Waals surface area contributed by atoms with E-state index in [0.29, 0.717) is 23.7 Å². The third-order valence-corrected chi connectivity index (χ3v) is 4.04. The minimum absolute atomic E-state index is 0.0941. The molecule has 0 N–H and O–H groups in total. The Morgan fingerprint density at radius 2 is 1.75 bits per heavy atom. The Kier molecular flexibility index (Phi) is 6.50. The summed E-state index contributed by atoms with van der Waals surface area (Å²) in [6.45, 7) is 2.36. The zero-order valence-corrected chi connectivity index (χ0v) is 14.9. The minimum Gasteiger partial charge on any atom is -0.496 e. The number of rotatable bonds is 7. The van der Waals surface area contributed by atoms with E-state index in [1.54, 1.807) is 31.2 Å². The number of hydrogen-bond acceptors (Lipinski definition) is 3. The molecule has 1 amide bonds. The number of hydrogen-bond donors (Lipinski definition) is 0. The van der Waals surface area contributed by atoms with Gasteiger partial charge in [0.05, 0.1) is 12.1 Å². The van der Waals surface area contributed by atoms with Gasteiger partial charge in [0.25, 0.3) is 5.91 Å². The molecule has 0 heterocycles. The lowest BCUT2D eigenvalue weighted by atomic mass is 10.1. The van der Waals surface area contributed by atoms with Crippen LogP contribution in [0.1, 0.15) is 18.9 Å². The van der Waals surface area contributed by atoms with Crippen molar-refractivity contribution >= 4 is 17.5 Å². The fraction of sp³-hybridized carbons (Fsp3) is 0.316. The molecule has 0 spiro atoms. The van der Waals surface area contributed by atoms with Crippen LogP contribution in [-0.2, 0) is 11.3 Å². The van der Waals surface area contributed by atoms with Crippen LogP contribution in [0.3, 0.4) is 0 Å². The molecule has 128 valence electrons. The van der Waals surface area contributed by atoms with Crippen LogP contribution in [0.2, 0.25) is 5.02 Å². The Balaban J connectivity index is 2.08. The van der Waals surface area contributed by atoms with Gasteiger partial charge in [0.2, 0.25) is 0 Å². The number of amides is 1. The predicted molar refractivity (Wildman–Crippen MR) is 95.6 cm³/mol. The van der Waals surface area contributed by atoms with Gasteiger partial charge in [0, 0.05) is 19.2 Å². The minimum atomic E-state index is -0.579. The van der Waals surface area contributed by atoms with Gasteiger partial charge >= 0.3 is 0 Å². The number of ether oxygens (including phenoxy) is 2. The Morgan fingerprint density at radius 3 is 2.38 bits per heavy atom. The van der Waals surface area contributed by atoms with Crippen LogP contribution in [0, 0.1) is 0 Å². The van der Waals surface area contributed by atoms with Crippen LogP contribution >= 0.6 is 11.6 Å². The molecule has 4 nitrogen and oxygen atoms in total. The second-order valence-electron chi connectivity index (χ2n) is 5.45. The SMILES string of the molecule is CC[C@H](Oc1ccccc1Cl)C(=O)N(C)Cc1ccccc1OC. The molecule has 0 saturated carbocycles. The zero-order chi connectivity index (χ0) is 17.5. The molecule has 5 heteroatoms. The molecular weight excluding hydrogens is 326 g/mol. The van der Waals surface area contributed by atoms with E-state index in [2.05, 4.69) is 0 Å². The summed E-state index contributed by atoms with van der Waals surface area (Å²) in [5.74, 6) is 1.19. The third-order valence-electron chi connectivity index (χ3n) is 3.73. The molecule has 0 fully saturated rings. The van der Waals surface area contributed by atoms with Crippen molar-refractivity contribution in [2.75, 3.05) is 14.2 Å². The summed E-state index contributed by atoms with van der Waals surface area (Å²) in [6, 6.07) is 14.8. The maximum absolute atomic E-state index is 12.7. The smallest absolute Gasteiger partial charge is 0.263 e. The number of para-hydroxylation sites is 2. The molecule has 0 radical (unpaired) electrons. The van der Waals surface area contributed by atoms with Crippen molar-refractivity contribution in [3.63, 3.8) is 0 Å². The van der Waals surface area contributed by atoms with Gasteiger partial charge in [0.1, 0.15) is 11.5 Å². The standard InChI is InChI=1S/C19H22ClNO3/c1-4-16(24-18-12-8-6-10-15(18)20)19(22)21(2)13-14-9-5-7-11-17(14)23-3/h5-12,16H,4,13H2,1-3H3/t16-/m0/s1. The Morgan fingerprint density at radius 1 is 1.12 bits per heavy atom. The molecule has 0 aromatic heterocycles. The highest BCUT2D eigenvalue weighted by atomic mass is 35.5. The van der Waals surface area contributed by atoms with Gasteiger partial charge in [-0.3, -0.25) is 4.79 Å². The molecule has 0 unspecified atom stereocenters. The topological polar surface area (TPSA) is 38.8 Å². The number of nitrogens with zero attached hydrogens (tertiary/aromatic N) is 1. The molecule has 24 heavy (non-hydrogen) atoms. The van der Waals surface area contributed by atoms with Crippen LogP contribution in [-0.4, -0.2) is 31.1 Å². The molecular formula is C19H22ClNO3. The van der Waals surface area contributed by atoms with Gasteiger partial charge < -0.3 is 14.4 Å². The lowest BCUT2D eigenvalue weighted by Gasteiger charge is -2.24. The second-order valence-corrected chi connectivity index (χ2v) is 5.86. The average Bonchev–Trinajstić information content (AvgIpc) is 2.61. The van der Waals surface area contributed by atoms with Crippen molar-refractivity contribution in [1.82, 2.24) is 4.90 Å². The van der Waals surface area contributed by atoms with E-state index in [0.717, 1.165) is 11.3 Å². The van der Waals surface area contributed by atoms with Crippen molar-refractivity contribution in [2.24, 2.45) is 0 Å². The van der Waals surface area contributed by atoms with Crippen molar-refractivity contribution in [2.45, 2.75) is 26.0 Å². The van der Waals surface area contributed by atoms with Gasteiger partial charge in [-0.05, 0) is 24.6 Å². The number of carbonyl (C=O) groups excluding carboxylic acids is 1. The first-order chi connectivity index (χ1) is 11.6. The third kappa shape index (κ3) is 4.42. The largest absolute Gasteiger partial charge is 0.496 e. The molecule has 2 rings (SSSR count). The summed E-state index contributed by atoms with van der Waals surface area (Å²) < 4.78 is 11.2. The first-order valence-electron chi connectivity index (χ1n) is 7.84. The highest BCUT2D eigenvalue weighted by molar-refractivity contribution is 6.32. The summed E-state index contributed by atoms with van der Waals surface area (Å²) in [5.41, 5.74) is 0.948. The molecule has 0 bridgehead atoms. The van der Waals surface area contributed by atoms with E-state index >= 15 is 0 Å². The van der Waals surface area contributed by atoms with E-state index in [1.165, 1.54) is 0 Å². The average molecular weight is 348 g/mol. The number of halogens is 1. The lowest BCUT2D eigenvalue weighted by molar-refractivity contribution is -0.138. The fourth-order valence-corrected chi connectivity index (χ4v) is 2.60. The van der Waals surface area contributed by atoms with E-state index in [1.807, 2.05) is 43.3 Å². The maximum atomic E-state index is 12.7. The Labute approximate surface area is 147 Å². The number of benzene rings is 2. The van der Waals surface area contributed by atoms with Gasteiger partial charge in [-0.15, -0.1) is 0 Å². The van der Waals surface area contributed by atoms with E-state index in [9.17, 15) is 4.79 Å². The van der Waals surface area contributed by atoms with Crippen LogP contribution in [0.15, 0.2) is 48.5 Å². The van der Waals surface area contributed by atoms with Gasteiger partial charge in [-0.2, -0.15) is 0 Å². The first-order valence-corrected chi connectivity index (χ1v) is 8.22. The van der Waals surface area contributed by atoms with Crippen LogP contribution in [0.5, 0.6) is 11.5 Å². The van der Waals surface area contributed by atoms with Gasteiger partial charge in [-0.25, -0.2) is 0 Å². The Hall–Kier alpha value is -2.20. The fourth-order valence-electron chi connectivity index (χ4n) is 2.41. The first kappa shape index (κ1) is 18.1. The summed E-state index contributed by atoms with van der Waals surface area (Å²) in [6.07, 6.45) is -0.0232. The highest BCUT2D eigenvalue weighted by Gasteiger charge is 2.23. The van der Waals surface area contributed by atoms with Crippen molar-refractivity contribution in [3.8, 4) is 11.5 Å². The summed E-state index contributed by atoms with van der Waals surface area (Å²) in [7, 11) is 3.38. The Bertz CT molecular complexity index is 690. The maximum Gasteiger partial charge on any atom is 0.263 e. The van der Waals surface area contributed by atoms with Gasteiger partial charge in [-0.1, -0.05) is 48.9 Å². The monoisotopic (exact) mass is 347 g/mol. The highest BCUT2D eigenvalue weighted by Crippen LogP contribution is 2.25. The normalized spacial score (nSPS) is 11.7. The molecule has 1 atom stereocenters. The lowest BCUT2D eigenvalue weighted by Crippen LogP contribution is -2.39. The van der Waals surface area contributed by atoms with Crippen LogP contribution in [0.25, 0.3) is 0 Å². The predicted octanol–water partition coefficient (Wildman–Crippen LogP) is 4.16. The molecule has 2 aromatic rings. The van der Waals surface area contributed by atoms with Gasteiger partial charge in [0.15, 0.2) is 6.10 Å². The van der Waals surface area contributed by atoms with Crippen LogP contribution < -0.4 is 9.47 Å². The molecule has 0 aliphatic heterocycles. The van der Waals surface area contributed by atoms with E-state index in [4.69, 9.17) is 21.1 Å². The van der Waals surface area contributed by atoms with Crippen molar-refractivity contribution in [3.05, 3.63) is 59.1 Å². The van der Waals surface area contributed by atoms with Crippen LogP contribution in [0.4, 0.5) is 0 Å². The second kappa shape index (κ2) is 8.60. The zero-order valence-electron chi connectivity index (χ0n) is 14.2. The van der Waals surface area contributed by atoms with E-state index in [-0.39, 0.29) is 5.91 Å². The molecule has 2 aromatic carbocycles. The summed E-state index contributed by atoms with van der Waals surface area (Å²) in [4.78, 5) is 14.4. The summed E-state index contributed by atoms with van der Waals surface area (Å²) in [5, 5.41) is 0.496. The molecule has 0 aliphatic carbocycles.